The van der Waals surface area contributed by atoms with E-state index in [1.165, 1.54) is 0 Å². The van der Waals surface area contributed by atoms with Crippen molar-refractivity contribution in [3.8, 4) is 0 Å². The van der Waals surface area contributed by atoms with Crippen LogP contribution in [-0.4, -0.2) is 17.0 Å². The highest BCUT2D eigenvalue weighted by Gasteiger charge is 2.08. The van der Waals surface area contributed by atoms with E-state index in [2.05, 4.69) is 11.9 Å². The average molecular weight is 247 g/mol. The van der Waals surface area contributed by atoms with Crippen LogP contribution in [0.2, 0.25) is 0 Å². The first-order valence-corrected chi connectivity index (χ1v) is 5.84. The molecule has 1 amide bonds. The summed E-state index contributed by atoms with van der Waals surface area (Å²) in [5, 5.41) is 11.5. The molecule has 0 saturated heterocycles. The largest absolute Gasteiger partial charge is 0.481 e. The molecule has 0 aliphatic rings. The number of rotatable bonds is 7. The van der Waals surface area contributed by atoms with Gasteiger partial charge in [0.2, 0.25) is 5.91 Å². The highest BCUT2D eigenvalue weighted by Crippen LogP contribution is 2.16. The van der Waals surface area contributed by atoms with Crippen LogP contribution in [0, 0.1) is 0 Å². The Morgan fingerprint density at radius 1 is 1.33 bits per heavy atom. The minimum atomic E-state index is -0.914. The normalized spacial score (nSPS) is 9.78. The summed E-state index contributed by atoms with van der Waals surface area (Å²) in [5.41, 5.74) is 1.19. The molecule has 18 heavy (non-hydrogen) atoms. The summed E-state index contributed by atoms with van der Waals surface area (Å²) >= 11 is 0. The van der Waals surface area contributed by atoms with Crippen LogP contribution in [0.25, 0.3) is 0 Å². The number of para-hydroxylation sites is 1. The molecule has 0 unspecified atom stereocenters. The lowest BCUT2D eigenvalue weighted by molar-refractivity contribution is -0.136. The van der Waals surface area contributed by atoms with E-state index in [0.29, 0.717) is 17.7 Å². The van der Waals surface area contributed by atoms with Crippen molar-refractivity contribution >= 4 is 17.6 Å². The number of amides is 1. The Labute approximate surface area is 106 Å². The Morgan fingerprint density at radius 3 is 2.72 bits per heavy atom. The van der Waals surface area contributed by atoms with E-state index >= 15 is 0 Å². The molecule has 0 saturated carbocycles. The molecule has 1 aromatic rings. The lowest BCUT2D eigenvalue weighted by Crippen LogP contribution is -2.13. The van der Waals surface area contributed by atoms with Gasteiger partial charge in [-0.05, 0) is 24.5 Å². The van der Waals surface area contributed by atoms with Gasteiger partial charge in [0.15, 0.2) is 0 Å². The van der Waals surface area contributed by atoms with Gasteiger partial charge in [-0.1, -0.05) is 24.3 Å². The van der Waals surface area contributed by atoms with Crippen molar-refractivity contribution in [3.05, 3.63) is 42.5 Å². The lowest BCUT2D eigenvalue weighted by atomic mass is 10.1. The van der Waals surface area contributed by atoms with E-state index < -0.39 is 5.97 Å². The number of nitrogens with one attached hydrogen (secondary N) is 1. The van der Waals surface area contributed by atoms with E-state index in [1.54, 1.807) is 30.3 Å². The van der Waals surface area contributed by atoms with Gasteiger partial charge < -0.3 is 10.4 Å². The van der Waals surface area contributed by atoms with Gasteiger partial charge in [0.1, 0.15) is 0 Å². The van der Waals surface area contributed by atoms with Gasteiger partial charge in [0.05, 0.1) is 6.42 Å². The number of anilines is 1. The van der Waals surface area contributed by atoms with Crippen molar-refractivity contribution in [2.24, 2.45) is 0 Å². The minimum absolute atomic E-state index is 0.0941. The maximum atomic E-state index is 11.6. The number of carbonyl (C=O) groups excluding carboxylic acids is 1. The summed E-state index contributed by atoms with van der Waals surface area (Å²) in [4.78, 5) is 22.3. The molecule has 0 aliphatic carbocycles. The number of aliphatic carboxylic acids is 1. The average Bonchev–Trinajstić information content (AvgIpc) is 2.31. The van der Waals surface area contributed by atoms with E-state index in [-0.39, 0.29) is 12.3 Å². The molecule has 96 valence electrons. The van der Waals surface area contributed by atoms with Gasteiger partial charge in [-0.15, -0.1) is 6.58 Å². The van der Waals surface area contributed by atoms with Crippen LogP contribution in [0.1, 0.15) is 24.8 Å². The maximum Gasteiger partial charge on any atom is 0.307 e. The second kappa shape index (κ2) is 7.27. The third-order valence-electron chi connectivity index (χ3n) is 2.45. The number of unbranched alkanes of at least 4 members (excludes halogenated alkanes) is 1. The quantitative estimate of drug-likeness (QED) is 0.575. The Balaban J connectivity index is 2.62. The SMILES string of the molecule is C=CCCCC(=O)Nc1ccccc1CC(=O)O. The van der Waals surface area contributed by atoms with E-state index in [9.17, 15) is 9.59 Å². The molecular formula is C14H17NO3. The summed E-state index contributed by atoms with van der Waals surface area (Å²) in [5.74, 6) is -1.02. The van der Waals surface area contributed by atoms with Crippen LogP contribution in [0.5, 0.6) is 0 Å². The Kier molecular flexibility index (Phi) is 5.64. The fourth-order valence-corrected chi connectivity index (χ4v) is 1.58. The van der Waals surface area contributed by atoms with Crippen LogP contribution in [0.3, 0.4) is 0 Å². The van der Waals surface area contributed by atoms with Crippen LogP contribution in [0.15, 0.2) is 36.9 Å². The van der Waals surface area contributed by atoms with Crippen molar-refractivity contribution in [2.45, 2.75) is 25.7 Å². The molecule has 2 N–H and O–H groups in total. The van der Waals surface area contributed by atoms with Crippen molar-refractivity contribution in [2.75, 3.05) is 5.32 Å². The number of allylic oxidation sites excluding steroid dienone is 1. The van der Waals surface area contributed by atoms with Gasteiger partial charge in [0.25, 0.3) is 0 Å². The fraction of sp³-hybridized carbons (Fsp3) is 0.286. The number of benzene rings is 1. The third kappa shape index (κ3) is 4.82. The van der Waals surface area contributed by atoms with Crippen molar-refractivity contribution < 1.29 is 14.7 Å². The predicted octanol–water partition coefficient (Wildman–Crippen LogP) is 2.61. The molecule has 0 radical (unpaired) electrons. The second-order valence-electron chi connectivity index (χ2n) is 3.96. The van der Waals surface area contributed by atoms with Gasteiger partial charge in [-0.25, -0.2) is 0 Å². The van der Waals surface area contributed by atoms with Gasteiger partial charge in [0, 0.05) is 12.1 Å². The lowest BCUT2D eigenvalue weighted by Gasteiger charge is -2.09. The molecule has 0 bridgehead atoms. The van der Waals surface area contributed by atoms with Crippen molar-refractivity contribution in [1.29, 1.82) is 0 Å². The van der Waals surface area contributed by atoms with Crippen LogP contribution in [-0.2, 0) is 16.0 Å². The topological polar surface area (TPSA) is 66.4 Å². The van der Waals surface area contributed by atoms with Crippen LogP contribution >= 0.6 is 0 Å². The standard InChI is InChI=1S/C14H17NO3/c1-2-3-4-9-13(16)15-12-8-6-5-7-11(12)10-14(17)18/h2,5-8H,1,3-4,9-10H2,(H,15,16)(H,17,18). The summed E-state index contributed by atoms with van der Waals surface area (Å²) in [7, 11) is 0. The molecule has 0 fully saturated rings. The molecule has 0 aliphatic heterocycles. The molecule has 0 atom stereocenters. The Bertz CT molecular complexity index is 440. The molecule has 4 heteroatoms. The van der Waals surface area contributed by atoms with Crippen molar-refractivity contribution in [3.63, 3.8) is 0 Å². The first-order chi connectivity index (χ1) is 8.63. The Morgan fingerprint density at radius 2 is 2.06 bits per heavy atom. The first-order valence-electron chi connectivity index (χ1n) is 5.84. The van der Waals surface area contributed by atoms with Gasteiger partial charge >= 0.3 is 5.97 Å². The molecule has 1 rings (SSSR count). The third-order valence-corrected chi connectivity index (χ3v) is 2.45. The van der Waals surface area contributed by atoms with Crippen molar-refractivity contribution in [1.82, 2.24) is 0 Å². The number of carboxylic acids is 1. The molecule has 4 nitrogen and oxygen atoms in total. The van der Waals surface area contributed by atoms with Gasteiger partial charge in [-0.3, -0.25) is 9.59 Å². The molecule has 0 aromatic heterocycles. The minimum Gasteiger partial charge on any atom is -0.481 e. The number of hydrogen-bond acceptors (Lipinski definition) is 2. The summed E-state index contributed by atoms with van der Waals surface area (Å²) in [6.07, 6.45) is 3.63. The molecule has 1 aromatic carbocycles. The monoisotopic (exact) mass is 247 g/mol. The smallest absolute Gasteiger partial charge is 0.307 e. The van der Waals surface area contributed by atoms with Crippen LogP contribution in [0.4, 0.5) is 5.69 Å². The van der Waals surface area contributed by atoms with Crippen LogP contribution < -0.4 is 5.32 Å². The van der Waals surface area contributed by atoms with Gasteiger partial charge in [-0.2, -0.15) is 0 Å². The maximum absolute atomic E-state index is 11.6. The zero-order valence-electron chi connectivity index (χ0n) is 10.2. The summed E-state index contributed by atoms with van der Waals surface area (Å²) in [6, 6.07) is 6.94. The van der Waals surface area contributed by atoms with E-state index in [1.807, 2.05) is 0 Å². The first kappa shape index (κ1) is 14.0. The fourth-order valence-electron chi connectivity index (χ4n) is 1.58. The van der Waals surface area contributed by atoms with E-state index in [0.717, 1.165) is 12.8 Å². The zero-order chi connectivity index (χ0) is 13.4. The number of carbonyl (C=O) groups is 2. The zero-order valence-corrected chi connectivity index (χ0v) is 10.2. The highest BCUT2D eigenvalue weighted by atomic mass is 16.4. The molecular weight excluding hydrogens is 230 g/mol. The summed E-state index contributed by atoms with van der Waals surface area (Å²) < 4.78 is 0. The molecule has 0 spiro atoms. The predicted molar refractivity (Wildman–Crippen MR) is 70.5 cm³/mol. The highest BCUT2D eigenvalue weighted by molar-refractivity contribution is 5.92. The molecule has 0 heterocycles. The summed E-state index contributed by atoms with van der Waals surface area (Å²) in [6.45, 7) is 3.59. The number of hydrogen-bond donors (Lipinski definition) is 2. The second-order valence-corrected chi connectivity index (χ2v) is 3.96. The van der Waals surface area contributed by atoms with E-state index in [4.69, 9.17) is 5.11 Å². The number of carboxylic acid groups (broad SMARTS) is 1. The Hall–Kier alpha value is -2.10.